The number of Topliss-reactive ketones (excluding diaryl/α,β-unsaturated/α-hetero) is 1. The second-order valence-corrected chi connectivity index (χ2v) is 10.6. The summed E-state index contributed by atoms with van der Waals surface area (Å²) in [7, 11) is -4.39. The van der Waals surface area contributed by atoms with E-state index < -0.39 is 56.2 Å². The SMILES string of the molecule is NC(=O)C12C(=O)CN(S(=O)(=O)c3ccc[nH]c3=O)C1CCN2C(=O)[CH]CC1CCCCC1. The van der Waals surface area contributed by atoms with Crippen LogP contribution in [0.1, 0.15) is 44.9 Å². The number of fused-ring (bicyclic) bond motifs is 1. The van der Waals surface area contributed by atoms with Gasteiger partial charge in [-0.3, -0.25) is 19.2 Å². The van der Waals surface area contributed by atoms with Crippen LogP contribution in [-0.4, -0.2) is 64.9 Å². The van der Waals surface area contributed by atoms with E-state index in [-0.39, 0.29) is 13.0 Å². The molecule has 2 aliphatic heterocycles. The van der Waals surface area contributed by atoms with Crippen molar-refractivity contribution in [1.29, 1.82) is 0 Å². The van der Waals surface area contributed by atoms with E-state index in [9.17, 15) is 27.6 Å². The number of H-pyrrole nitrogens is 1. The maximum atomic E-state index is 13.2. The van der Waals surface area contributed by atoms with Gasteiger partial charge in [-0.15, -0.1) is 0 Å². The molecule has 4 rings (SSSR count). The van der Waals surface area contributed by atoms with E-state index in [2.05, 4.69) is 4.98 Å². The van der Waals surface area contributed by atoms with Gasteiger partial charge in [-0.1, -0.05) is 32.1 Å². The van der Waals surface area contributed by atoms with E-state index in [1.807, 2.05) is 0 Å². The maximum absolute atomic E-state index is 13.2. The molecule has 2 unspecified atom stereocenters. The number of carbonyl (C=O) groups excluding carboxylic acids is 3. The largest absolute Gasteiger partial charge is 0.367 e. The van der Waals surface area contributed by atoms with Gasteiger partial charge in [0, 0.05) is 12.7 Å². The highest BCUT2D eigenvalue weighted by Crippen LogP contribution is 2.42. The molecule has 3 N–H and O–H groups in total. The molecule has 1 aromatic heterocycles. The van der Waals surface area contributed by atoms with Gasteiger partial charge in [-0.05, 0) is 30.9 Å². The number of rotatable bonds is 6. The zero-order valence-corrected chi connectivity index (χ0v) is 18.5. The first kappa shape index (κ1) is 22.7. The van der Waals surface area contributed by atoms with Crippen LogP contribution in [0.3, 0.4) is 0 Å². The van der Waals surface area contributed by atoms with E-state index >= 15 is 0 Å². The van der Waals surface area contributed by atoms with E-state index in [4.69, 9.17) is 5.73 Å². The fraction of sp³-hybridized carbons (Fsp3) is 0.571. The van der Waals surface area contributed by atoms with Crippen LogP contribution in [0.15, 0.2) is 28.0 Å². The van der Waals surface area contributed by atoms with Crippen molar-refractivity contribution in [2.75, 3.05) is 13.1 Å². The third kappa shape index (κ3) is 3.47. The molecule has 2 amide bonds. The molecule has 1 saturated carbocycles. The number of hydrogen-bond acceptors (Lipinski definition) is 6. The zero-order chi connectivity index (χ0) is 23.1. The summed E-state index contributed by atoms with van der Waals surface area (Å²) in [6.07, 6.45) is 8.89. The van der Waals surface area contributed by atoms with Gasteiger partial charge in [0.2, 0.25) is 15.9 Å². The van der Waals surface area contributed by atoms with Crippen LogP contribution in [-0.2, 0) is 24.4 Å². The van der Waals surface area contributed by atoms with E-state index in [0.29, 0.717) is 12.3 Å². The second kappa shape index (κ2) is 8.43. The molecular formula is C21H27N4O6S. The summed E-state index contributed by atoms with van der Waals surface area (Å²) in [6, 6.07) is 1.35. The number of likely N-dealkylation sites (tertiary alicyclic amines) is 1. The van der Waals surface area contributed by atoms with Crippen molar-refractivity contribution >= 4 is 27.6 Å². The second-order valence-electron chi connectivity index (χ2n) is 8.71. The number of nitrogens with two attached hydrogens (primary N) is 1. The summed E-state index contributed by atoms with van der Waals surface area (Å²) >= 11 is 0. The molecule has 0 bridgehead atoms. The summed E-state index contributed by atoms with van der Waals surface area (Å²) in [5.74, 6) is -1.90. The van der Waals surface area contributed by atoms with Crippen molar-refractivity contribution < 1.29 is 22.8 Å². The van der Waals surface area contributed by atoms with Gasteiger partial charge in [-0.2, -0.15) is 4.31 Å². The minimum Gasteiger partial charge on any atom is -0.367 e. The first-order valence-electron chi connectivity index (χ1n) is 10.9. The molecule has 3 heterocycles. The maximum Gasteiger partial charge on any atom is 0.268 e. The number of amides is 2. The molecule has 32 heavy (non-hydrogen) atoms. The van der Waals surface area contributed by atoms with Crippen LogP contribution in [0.2, 0.25) is 0 Å². The predicted molar refractivity (Wildman–Crippen MR) is 113 cm³/mol. The Morgan fingerprint density at radius 2 is 1.91 bits per heavy atom. The number of hydrogen-bond donors (Lipinski definition) is 2. The molecule has 2 atom stereocenters. The topological polar surface area (TPSA) is 151 Å². The smallest absolute Gasteiger partial charge is 0.268 e. The summed E-state index contributed by atoms with van der Waals surface area (Å²) in [5, 5.41) is 0. The highest BCUT2D eigenvalue weighted by atomic mass is 32.2. The average molecular weight is 464 g/mol. The van der Waals surface area contributed by atoms with Crippen LogP contribution in [0, 0.1) is 12.3 Å². The summed E-state index contributed by atoms with van der Waals surface area (Å²) in [4.78, 5) is 53.8. The van der Waals surface area contributed by atoms with Crippen LogP contribution in [0.5, 0.6) is 0 Å². The normalized spacial score (nSPS) is 26.9. The monoisotopic (exact) mass is 463 g/mol. The molecule has 3 fully saturated rings. The van der Waals surface area contributed by atoms with Gasteiger partial charge in [0.1, 0.15) is 4.90 Å². The van der Waals surface area contributed by atoms with Crippen LogP contribution < -0.4 is 11.3 Å². The highest BCUT2D eigenvalue weighted by Gasteiger charge is 2.68. The molecule has 1 aliphatic carbocycles. The Labute approximate surface area is 186 Å². The molecule has 2 saturated heterocycles. The molecule has 1 aromatic rings. The van der Waals surface area contributed by atoms with Crippen molar-refractivity contribution in [3.05, 3.63) is 35.1 Å². The van der Waals surface area contributed by atoms with Crippen molar-refractivity contribution in [3.63, 3.8) is 0 Å². The first-order valence-corrected chi connectivity index (χ1v) is 12.3. The lowest BCUT2D eigenvalue weighted by Crippen LogP contribution is -2.64. The van der Waals surface area contributed by atoms with Gasteiger partial charge in [-0.25, -0.2) is 8.42 Å². The minimum atomic E-state index is -4.39. The lowest BCUT2D eigenvalue weighted by atomic mass is 9.85. The molecule has 0 spiro atoms. The molecule has 1 radical (unpaired) electrons. The zero-order valence-electron chi connectivity index (χ0n) is 17.7. The molecule has 173 valence electrons. The van der Waals surface area contributed by atoms with Crippen LogP contribution in [0.25, 0.3) is 0 Å². The van der Waals surface area contributed by atoms with Gasteiger partial charge >= 0.3 is 0 Å². The molecule has 11 heteroatoms. The van der Waals surface area contributed by atoms with Crippen molar-refractivity contribution in [1.82, 2.24) is 14.2 Å². The Bertz CT molecular complexity index is 1090. The van der Waals surface area contributed by atoms with Gasteiger partial charge in [0.05, 0.1) is 19.0 Å². The van der Waals surface area contributed by atoms with Gasteiger partial charge in [0.15, 0.2) is 11.3 Å². The van der Waals surface area contributed by atoms with Crippen molar-refractivity contribution in [2.45, 2.75) is 61.4 Å². The molecule has 3 aliphatic rings. The Morgan fingerprint density at radius 1 is 1.19 bits per heavy atom. The van der Waals surface area contributed by atoms with Crippen molar-refractivity contribution in [2.24, 2.45) is 11.7 Å². The van der Waals surface area contributed by atoms with Gasteiger partial charge in [0.25, 0.3) is 11.5 Å². The number of nitrogens with zero attached hydrogens (tertiary/aromatic N) is 2. The number of sulfonamides is 1. The highest BCUT2D eigenvalue weighted by molar-refractivity contribution is 7.89. The number of nitrogens with one attached hydrogen (secondary N) is 1. The first-order chi connectivity index (χ1) is 15.2. The molecule has 0 aromatic carbocycles. The van der Waals surface area contributed by atoms with E-state index in [0.717, 1.165) is 41.0 Å². The lowest BCUT2D eigenvalue weighted by Gasteiger charge is -2.34. The quantitative estimate of drug-likeness (QED) is 0.565. The Morgan fingerprint density at radius 3 is 2.56 bits per heavy atom. The number of aromatic nitrogens is 1. The molecule has 10 nitrogen and oxygen atoms in total. The fourth-order valence-corrected chi connectivity index (χ4v) is 7.06. The third-order valence-corrected chi connectivity index (χ3v) is 8.85. The number of pyridine rings is 1. The van der Waals surface area contributed by atoms with Crippen LogP contribution in [0.4, 0.5) is 0 Å². The number of carbonyl (C=O) groups is 3. The third-order valence-electron chi connectivity index (χ3n) is 6.97. The molecular weight excluding hydrogens is 436 g/mol. The summed E-state index contributed by atoms with van der Waals surface area (Å²) in [6.45, 7) is -0.604. The van der Waals surface area contributed by atoms with Crippen molar-refractivity contribution in [3.8, 4) is 0 Å². The van der Waals surface area contributed by atoms with Crippen LogP contribution >= 0.6 is 0 Å². The number of primary amides is 1. The minimum absolute atomic E-state index is 0.0243. The van der Waals surface area contributed by atoms with Gasteiger partial charge < -0.3 is 15.6 Å². The Balaban J connectivity index is 1.62. The van der Waals surface area contributed by atoms with E-state index in [1.54, 1.807) is 0 Å². The summed E-state index contributed by atoms with van der Waals surface area (Å²) in [5.41, 5.74) is 2.76. The fourth-order valence-electron chi connectivity index (χ4n) is 5.38. The van der Waals surface area contributed by atoms with E-state index in [1.165, 1.54) is 25.1 Å². The Kier molecular flexibility index (Phi) is 5.97. The Hall–Kier alpha value is -2.53. The number of ketones is 1. The number of aromatic amines is 1. The standard InChI is InChI=1S/C21H27N4O6S/c22-20(29)21-16(10-12-24(21)18(27)9-8-14-5-2-1-3-6-14)25(13-17(21)26)32(30,31)15-7-4-11-23-19(15)28/h4,7,9,11,14,16H,1-3,5-6,8,10,12-13H2,(H2,22,29)(H,23,28). The average Bonchev–Trinajstić information content (AvgIpc) is 3.30. The predicted octanol–water partition coefficient (Wildman–Crippen LogP) is -0.0520. The lowest BCUT2D eigenvalue weighted by molar-refractivity contribution is -0.147. The summed E-state index contributed by atoms with van der Waals surface area (Å²) < 4.78 is 27.3.